The van der Waals surface area contributed by atoms with Crippen molar-refractivity contribution in [3.63, 3.8) is 0 Å². The Morgan fingerprint density at radius 3 is 2.35 bits per heavy atom. The van der Waals surface area contributed by atoms with Gasteiger partial charge in [-0.3, -0.25) is 0 Å². The highest BCUT2D eigenvalue weighted by Gasteiger charge is 2.21. The number of halogens is 2. The maximum absolute atomic E-state index is 13.5. The second-order valence-electron chi connectivity index (χ2n) is 4.59. The van der Waals surface area contributed by atoms with Crippen molar-refractivity contribution in [3.8, 4) is 0 Å². The number of hydrogen-bond acceptors (Lipinski definition) is 2. The molecular weight excluding hydrogens is 224 g/mol. The molecule has 4 heteroatoms. The molecule has 0 bridgehead atoms. The first-order chi connectivity index (χ1) is 7.87. The molecule has 0 saturated heterocycles. The third-order valence-electron chi connectivity index (χ3n) is 2.98. The Kier molecular flexibility index (Phi) is 4.60. The van der Waals surface area contributed by atoms with Gasteiger partial charge in [0.1, 0.15) is 11.6 Å². The van der Waals surface area contributed by atoms with E-state index in [9.17, 15) is 13.9 Å². The lowest BCUT2D eigenvalue weighted by Crippen LogP contribution is -2.38. The van der Waals surface area contributed by atoms with Crippen molar-refractivity contribution in [2.45, 2.75) is 38.8 Å². The summed E-state index contributed by atoms with van der Waals surface area (Å²) in [5, 5.41) is 12.7. The summed E-state index contributed by atoms with van der Waals surface area (Å²) in [6, 6.07) is 3.32. The lowest BCUT2D eigenvalue weighted by atomic mass is 10.0. The van der Waals surface area contributed by atoms with Crippen LogP contribution in [0.4, 0.5) is 8.78 Å². The van der Waals surface area contributed by atoms with Gasteiger partial charge in [0.2, 0.25) is 0 Å². The van der Waals surface area contributed by atoms with E-state index in [0.717, 1.165) is 0 Å². The largest absolute Gasteiger partial charge is 0.389 e. The van der Waals surface area contributed by atoms with Crippen LogP contribution in [-0.2, 0) is 0 Å². The molecule has 17 heavy (non-hydrogen) atoms. The monoisotopic (exact) mass is 243 g/mol. The molecule has 1 aromatic carbocycles. The summed E-state index contributed by atoms with van der Waals surface area (Å²) >= 11 is 0. The van der Waals surface area contributed by atoms with E-state index in [0.29, 0.717) is 13.0 Å². The molecule has 0 heterocycles. The van der Waals surface area contributed by atoms with Crippen molar-refractivity contribution in [2.75, 3.05) is 6.54 Å². The van der Waals surface area contributed by atoms with Crippen LogP contribution in [0.25, 0.3) is 0 Å². The first-order valence-electron chi connectivity index (χ1n) is 5.77. The molecule has 0 fully saturated rings. The maximum atomic E-state index is 13.5. The molecule has 96 valence electrons. The van der Waals surface area contributed by atoms with E-state index in [1.54, 1.807) is 13.8 Å². The maximum Gasteiger partial charge on any atom is 0.130 e. The molecule has 2 nitrogen and oxygen atoms in total. The zero-order valence-corrected chi connectivity index (χ0v) is 10.4. The van der Waals surface area contributed by atoms with E-state index >= 15 is 0 Å². The fourth-order valence-electron chi connectivity index (χ4n) is 1.52. The third kappa shape index (κ3) is 3.75. The number of hydrogen-bond donors (Lipinski definition) is 2. The highest BCUT2D eigenvalue weighted by Crippen LogP contribution is 2.20. The topological polar surface area (TPSA) is 32.3 Å². The molecule has 0 aliphatic rings. The molecule has 1 rings (SSSR count). The molecule has 0 aromatic heterocycles. The smallest absolute Gasteiger partial charge is 0.130 e. The van der Waals surface area contributed by atoms with Crippen LogP contribution in [0.3, 0.4) is 0 Å². The van der Waals surface area contributed by atoms with Crippen LogP contribution in [-0.4, -0.2) is 17.3 Å². The normalized spacial score (nSPS) is 16.6. The van der Waals surface area contributed by atoms with E-state index in [2.05, 4.69) is 5.32 Å². The predicted molar refractivity (Wildman–Crippen MR) is 63.7 cm³/mol. The Morgan fingerprint density at radius 2 is 1.88 bits per heavy atom. The standard InChI is InChI=1S/C13H19F2NO/c1-4-13(3,17)8-16-9(2)12-10(14)6-5-7-11(12)15/h5-7,9,16-17H,4,8H2,1-3H3. The lowest BCUT2D eigenvalue weighted by molar-refractivity contribution is 0.0531. The second kappa shape index (κ2) is 5.56. The van der Waals surface area contributed by atoms with Crippen molar-refractivity contribution in [3.05, 3.63) is 35.4 Å². The van der Waals surface area contributed by atoms with E-state index in [4.69, 9.17) is 0 Å². The number of benzene rings is 1. The molecule has 2 unspecified atom stereocenters. The molecule has 1 aromatic rings. The van der Waals surface area contributed by atoms with Gasteiger partial charge in [0.25, 0.3) is 0 Å². The fraction of sp³-hybridized carbons (Fsp3) is 0.538. The summed E-state index contributed by atoms with van der Waals surface area (Å²) in [6.45, 7) is 5.51. The number of aliphatic hydroxyl groups is 1. The molecule has 0 aliphatic carbocycles. The van der Waals surface area contributed by atoms with Gasteiger partial charge in [-0.15, -0.1) is 0 Å². The van der Waals surface area contributed by atoms with Crippen LogP contribution < -0.4 is 5.32 Å². The Hall–Kier alpha value is -1.00. The van der Waals surface area contributed by atoms with Gasteiger partial charge in [0.05, 0.1) is 5.60 Å². The van der Waals surface area contributed by atoms with E-state index in [-0.39, 0.29) is 5.56 Å². The van der Waals surface area contributed by atoms with Gasteiger partial charge in [0, 0.05) is 18.2 Å². The van der Waals surface area contributed by atoms with Crippen LogP contribution >= 0.6 is 0 Å². The van der Waals surface area contributed by atoms with Gasteiger partial charge < -0.3 is 10.4 Å². The van der Waals surface area contributed by atoms with E-state index in [1.807, 2.05) is 6.92 Å². The Morgan fingerprint density at radius 1 is 1.35 bits per heavy atom. The van der Waals surface area contributed by atoms with Crippen LogP contribution in [0.15, 0.2) is 18.2 Å². The molecule has 0 aliphatic heterocycles. The third-order valence-corrected chi connectivity index (χ3v) is 2.98. The first-order valence-corrected chi connectivity index (χ1v) is 5.77. The molecule has 2 N–H and O–H groups in total. The average molecular weight is 243 g/mol. The summed E-state index contributed by atoms with van der Waals surface area (Å²) in [7, 11) is 0. The van der Waals surface area contributed by atoms with Crippen LogP contribution in [0.1, 0.15) is 38.8 Å². The second-order valence-corrected chi connectivity index (χ2v) is 4.59. The van der Waals surface area contributed by atoms with Crippen molar-refractivity contribution in [1.82, 2.24) is 5.32 Å². The molecular formula is C13H19F2NO. The lowest BCUT2D eigenvalue weighted by Gasteiger charge is -2.25. The summed E-state index contributed by atoms with van der Waals surface area (Å²) in [4.78, 5) is 0. The molecule has 0 radical (unpaired) electrons. The molecule has 0 amide bonds. The Bertz CT molecular complexity index is 359. The van der Waals surface area contributed by atoms with Gasteiger partial charge in [-0.2, -0.15) is 0 Å². The molecule has 0 spiro atoms. The van der Waals surface area contributed by atoms with Crippen LogP contribution in [0.5, 0.6) is 0 Å². The van der Waals surface area contributed by atoms with Crippen molar-refractivity contribution < 1.29 is 13.9 Å². The van der Waals surface area contributed by atoms with Gasteiger partial charge in [-0.05, 0) is 32.4 Å². The molecule has 2 atom stereocenters. The molecule has 0 saturated carbocycles. The minimum absolute atomic E-state index is 0.0133. The number of nitrogens with one attached hydrogen (secondary N) is 1. The highest BCUT2D eigenvalue weighted by atomic mass is 19.1. The zero-order valence-electron chi connectivity index (χ0n) is 10.4. The van der Waals surface area contributed by atoms with Crippen LogP contribution in [0, 0.1) is 11.6 Å². The van der Waals surface area contributed by atoms with Gasteiger partial charge >= 0.3 is 0 Å². The summed E-state index contributed by atoms with van der Waals surface area (Å²) in [6.07, 6.45) is 0.576. The van der Waals surface area contributed by atoms with Crippen molar-refractivity contribution in [1.29, 1.82) is 0 Å². The summed E-state index contributed by atoms with van der Waals surface area (Å²) in [5.74, 6) is -1.14. The van der Waals surface area contributed by atoms with E-state index < -0.39 is 23.3 Å². The zero-order chi connectivity index (χ0) is 13.1. The average Bonchev–Trinajstić information content (AvgIpc) is 2.26. The van der Waals surface area contributed by atoms with Crippen molar-refractivity contribution >= 4 is 0 Å². The first kappa shape index (κ1) is 14.1. The number of rotatable bonds is 5. The predicted octanol–water partition coefficient (Wildman–Crippen LogP) is 2.78. The SMILES string of the molecule is CCC(C)(O)CNC(C)c1c(F)cccc1F. The Labute approximate surface area is 101 Å². The Balaban J connectivity index is 2.74. The highest BCUT2D eigenvalue weighted by molar-refractivity contribution is 5.22. The quantitative estimate of drug-likeness (QED) is 0.833. The summed E-state index contributed by atoms with van der Waals surface area (Å²) in [5.41, 5.74) is -0.852. The minimum Gasteiger partial charge on any atom is -0.389 e. The van der Waals surface area contributed by atoms with Gasteiger partial charge in [0.15, 0.2) is 0 Å². The van der Waals surface area contributed by atoms with Crippen LogP contribution in [0.2, 0.25) is 0 Å². The fourth-order valence-corrected chi connectivity index (χ4v) is 1.52. The van der Waals surface area contributed by atoms with Gasteiger partial charge in [-0.25, -0.2) is 8.78 Å². The van der Waals surface area contributed by atoms with Gasteiger partial charge in [-0.1, -0.05) is 13.0 Å². The van der Waals surface area contributed by atoms with Crippen molar-refractivity contribution in [2.24, 2.45) is 0 Å². The minimum atomic E-state index is -0.865. The van der Waals surface area contributed by atoms with E-state index in [1.165, 1.54) is 18.2 Å². The summed E-state index contributed by atoms with van der Waals surface area (Å²) < 4.78 is 26.9.